The van der Waals surface area contributed by atoms with E-state index in [2.05, 4.69) is 20.8 Å². The maximum atomic E-state index is 11.4. The molecule has 0 aliphatic heterocycles. The molecule has 0 fully saturated rings. The molecule has 2 N–H and O–H groups in total. The highest BCUT2D eigenvalue weighted by molar-refractivity contribution is 5.84. The Morgan fingerprint density at radius 1 is 1.65 bits per heavy atom. The molecular formula is C8H10N6O3. The van der Waals surface area contributed by atoms with Gasteiger partial charge < -0.3 is 10.4 Å². The van der Waals surface area contributed by atoms with Crippen LogP contribution in [0.4, 0.5) is 0 Å². The quantitative estimate of drug-likeness (QED) is 0.626. The molecule has 0 aliphatic rings. The van der Waals surface area contributed by atoms with Gasteiger partial charge in [0.15, 0.2) is 5.82 Å². The first-order valence-corrected chi connectivity index (χ1v) is 4.68. The summed E-state index contributed by atoms with van der Waals surface area (Å²) < 4.78 is 1.17. The van der Waals surface area contributed by atoms with Crippen LogP contribution in [0.3, 0.4) is 0 Å². The van der Waals surface area contributed by atoms with Crippen LogP contribution >= 0.6 is 0 Å². The van der Waals surface area contributed by atoms with E-state index in [-0.39, 0.29) is 18.8 Å². The van der Waals surface area contributed by atoms with Crippen molar-refractivity contribution < 1.29 is 14.7 Å². The molecule has 0 aliphatic carbocycles. The lowest BCUT2D eigenvalue weighted by molar-refractivity contribution is -0.141. The number of hydrogen-bond donors (Lipinski definition) is 2. The van der Waals surface area contributed by atoms with E-state index in [9.17, 15) is 9.59 Å². The monoisotopic (exact) mass is 238 g/mol. The van der Waals surface area contributed by atoms with Gasteiger partial charge in [-0.25, -0.2) is 4.68 Å². The summed E-state index contributed by atoms with van der Waals surface area (Å²) in [5, 5.41) is 29.7. The lowest BCUT2D eigenvalue weighted by Crippen LogP contribution is -2.39. The third kappa shape index (κ3) is 3.53. The van der Waals surface area contributed by atoms with Crippen molar-refractivity contribution in [2.75, 3.05) is 0 Å². The van der Waals surface area contributed by atoms with Crippen LogP contribution in [0, 0.1) is 11.3 Å². The molecule has 0 bridgehead atoms. The molecule has 0 radical (unpaired) electrons. The molecule has 9 heteroatoms. The zero-order valence-corrected chi connectivity index (χ0v) is 8.99. The Kier molecular flexibility index (Phi) is 4.10. The number of tetrazole rings is 1. The molecule has 0 spiro atoms. The molecule has 1 aromatic heterocycles. The molecule has 0 saturated carbocycles. The van der Waals surface area contributed by atoms with Crippen molar-refractivity contribution in [1.29, 1.82) is 5.26 Å². The number of aliphatic carboxylic acids is 1. The molecule has 1 heterocycles. The zero-order chi connectivity index (χ0) is 12.8. The van der Waals surface area contributed by atoms with Gasteiger partial charge in [0, 0.05) is 0 Å². The van der Waals surface area contributed by atoms with Crippen LogP contribution in [0.5, 0.6) is 0 Å². The van der Waals surface area contributed by atoms with Crippen LogP contribution in [0.15, 0.2) is 0 Å². The molecule has 1 atom stereocenters. The largest absolute Gasteiger partial charge is 0.480 e. The molecule has 0 aromatic carbocycles. The predicted octanol–water partition coefficient (Wildman–Crippen LogP) is -1.67. The number of carbonyl (C=O) groups excluding carboxylic acids is 1. The second-order valence-electron chi connectivity index (χ2n) is 3.22. The van der Waals surface area contributed by atoms with Gasteiger partial charge in [0.25, 0.3) is 0 Å². The Hall–Kier alpha value is -2.50. The molecule has 1 aromatic rings. The second kappa shape index (κ2) is 5.55. The summed E-state index contributed by atoms with van der Waals surface area (Å²) in [6, 6.07) is 0.854. The Balaban J connectivity index is 2.59. The number of amides is 1. The number of nitrogens with zero attached hydrogens (tertiary/aromatic N) is 5. The van der Waals surface area contributed by atoms with Gasteiger partial charge in [-0.1, -0.05) is 0 Å². The minimum Gasteiger partial charge on any atom is -0.480 e. The first kappa shape index (κ1) is 12.6. The topological polar surface area (TPSA) is 134 Å². The van der Waals surface area contributed by atoms with Gasteiger partial charge in [-0.3, -0.25) is 9.59 Å². The van der Waals surface area contributed by atoms with E-state index < -0.39 is 17.9 Å². The minimum absolute atomic E-state index is 0.0654. The molecule has 9 nitrogen and oxygen atoms in total. The number of carboxylic acids is 1. The van der Waals surface area contributed by atoms with Crippen molar-refractivity contribution in [1.82, 2.24) is 25.5 Å². The van der Waals surface area contributed by atoms with Crippen LogP contribution in [0.1, 0.15) is 12.7 Å². The number of nitriles is 1. The van der Waals surface area contributed by atoms with Gasteiger partial charge in [-0.2, -0.15) is 5.26 Å². The van der Waals surface area contributed by atoms with Gasteiger partial charge in [0.2, 0.25) is 5.91 Å². The van der Waals surface area contributed by atoms with Crippen molar-refractivity contribution in [3.63, 3.8) is 0 Å². The summed E-state index contributed by atoms with van der Waals surface area (Å²) in [7, 11) is 0. The third-order valence-corrected chi connectivity index (χ3v) is 1.89. The Morgan fingerprint density at radius 2 is 2.35 bits per heavy atom. The summed E-state index contributed by atoms with van der Waals surface area (Å²) in [6.07, 6.45) is -0.174. The Bertz CT molecular complexity index is 462. The molecule has 1 unspecified atom stereocenters. The number of carbonyl (C=O) groups is 2. The number of rotatable bonds is 5. The fourth-order valence-corrected chi connectivity index (χ4v) is 1.04. The van der Waals surface area contributed by atoms with E-state index in [1.165, 1.54) is 11.6 Å². The van der Waals surface area contributed by atoms with Crippen LogP contribution in [0.25, 0.3) is 0 Å². The van der Waals surface area contributed by atoms with E-state index in [4.69, 9.17) is 10.4 Å². The second-order valence-corrected chi connectivity index (χ2v) is 3.22. The highest BCUT2D eigenvalue weighted by Crippen LogP contribution is 1.94. The lowest BCUT2D eigenvalue weighted by Gasteiger charge is -2.08. The maximum Gasteiger partial charge on any atom is 0.325 e. The summed E-state index contributed by atoms with van der Waals surface area (Å²) in [6.45, 7) is 1.28. The lowest BCUT2D eigenvalue weighted by atomic mass is 10.3. The van der Waals surface area contributed by atoms with Gasteiger partial charge >= 0.3 is 5.97 Å². The Morgan fingerprint density at radius 3 is 2.94 bits per heavy atom. The van der Waals surface area contributed by atoms with Crippen molar-refractivity contribution in [3.05, 3.63) is 5.82 Å². The van der Waals surface area contributed by atoms with Gasteiger partial charge in [-0.05, 0) is 17.4 Å². The standard InChI is InChI=1S/C8H10N6O3/c1-5(8(16)17)10-7(15)4-6-11-12-13-14(6)3-2-9/h5H,3-4H2,1H3,(H,10,15)(H,16,17). The first-order valence-electron chi connectivity index (χ1n) is 4.68. The minimum atomic E-state index is -1.13. The number of carboxylic acid groups (broad SMARTS) is 1. The molecule has 1 amide bonds. The van der Waals surface area contributed by atoms with Crippen LogP contribution in [-0.2, 0) is 22.6 Å². The van der Waals surface area contributed by atoms with Gasteiger partial charge in [0.05, 0.1) is 12.5 Å². The summed E-state index contributed by atoms with van der Waals surface area (Å²) in [4.78, 5) is 21.9. The predicted molar refractivity (Wildman–Crippen MR) is 52.4 cm³/mol. The van der Waals surface area contributed by atoms with E-state index in [1.54, 1.807) is 0 Å². The fraction of sp³-hybridized carbons (Fsp3) is 0.500. The molecular weight excluding hydrogens is 228 g/mol. The van der Waals surface area contributed by atoms with Crippen LogP contribution in [0.2, 0.25) is 0 Å². The summed E-state index contributed by atoms with van der Waals surface area (Å²) in [5.74, 6) is -1.44. The summed E-state index contributed by atoms with van der Waals surface area (Å²) >= 11 is 0. The smallest absolute Gasteiger partial charge is 0.325 e. The van der Waals surface area contributed by atoms with E-state index in [1.807, 2.05) is 6.07 Å². The zero-order valence-electron chi connectivity index (χ0n) is 8.99. The molecule has 90 valence electrons. The van der Waals surface area contributed by atoms with Crippen LogP contribution < -0.4 is 5.32 Å². The van der Waals surface area contributed by atoms with Crippen molar-refractivity contribution in [2.24, 2.45) is 0 Å². The highest BCUT2D eigenvalue weighted by Gasteiger charge is 2.16. The van der Waals surface area contributed by atoms with Crippen molar-refractivity contribution in [3.8, 4) is 6.07 Å². The number of nitrogens with one attached hydrogen (secondary N) is 1. The average molecular weight is 238 g/mol. The van der Waals surface area contributed by atoms with E-state index >= 15 is 0 Å². The maximum absolute atomic E-state index is 11.4. The fourth-order valence-electron chi connectivity index (χ4n) is 1.04. The normalized spacial score (nSPS) is 11.5. The van der Waals surface area contributed by atoms with Gasteiger partial charge in [0.1, 0.15) is 12.6 Å². The molecule has 1 rings (SSSR count). The first-order chi connectivity index (χ1) is 8.04. The van der Waals surface area contributed by atoms with Crippen molar-refractivity contribution >= 4 is 11.9 Å². The van der Waals surface area contributed by atoms with Crippen LogP contribution in [-0.4, -0.2) is 43.2 Å². The highest BCUT2D eigenvalue weighted by atomic mass is 16.4. The Labute approximate surface area is 96.0 Å². The average Bonchev–Trinajstić information content (AvgIpc) is 2.66. The number of hydrogen-bond acceptors (Lipinski definition) is 6. The third-order valence-electron chi connectivity index (χ3n) is 1.89. The van der Waals surface area contributed by atoms with Gasteiger partial charge in [-0.15, -0.1) is 5.10 Å². The van der Waals surface area contributed by atoms with E-state index in [0.717, 1.165) is 0 Å². The molecule has 17 heavy (non-hydrogen) atoms. The summed E-state index contributed by atoms with van der Waals surface area (Å²) in [5.41, 5.74) is 0. The van der Waals surface area contributed by atoms with Crippen molar-refractivity contribution in [2.45, 2.75) is 25.9 Å². The number of aromatic nitrogens is 4. The molecule has 0 saturated heterocycles. The van der Waals surface area contributed by atoms with E-state index in [0.29, 0.717) is 0 Å². The SMILES string of the molecule is CC(NC(=O)Cc1nnnn1CC#N)C(=O)O.